The van der Waals surface area contributed by atoms with E-state index < -0.39 is 16.0 Å². The van der Waals surface area contributed by atoms with E-state index in [2.05, 4.69) is 6.58 Å². The van der Waals surface area contributed by atoms with Crippen molar-refractivity contribution in [3.63, 3.8) is 0 Å². The van der Waals surface area contributed by atoms with Gasteiger partial charge in [0.05, 0.1) is 5.75 Å². The van der Waals surface area contributed by atoms with Gasteiger partial charge < -0.3 is 10.0 Å². The molecule has 132 valence electrons. The van der Waals surface area contributed by atoms with E-state index in [4.69, 9.17) is 5.11 Å². The first-order valence-corrected chi connectivity index (χ1v) is 9.52. The minimum absolute atomic E-state index is 0.0526. The van der Waals surface area contributed by atoms with Gasteiger partial charge in [-0.25, -0.2) is 12.7 Å². The fourth-order valence-electron chi connectivity index (χ4n) is 2.72. The number of sulfonamides is 1. The Morgan fingerprint density at radius 2 is 1.96 bits per heavy atom. The third-order valence-electron chi connectivity index (χ3n) is 4.05. The number of carboxylic acid groups (broad SMARTS) is 1. The van der Waals surface area contributed by atoms with Crippen LogP contribution in [0.1, 0.15) is 39.0 Å². The van der Waals surface area contributed by atoms with Crippen LogP contribution in [0.3, 0.4) is 0 Å². The van der Waals surface area contributed by atoms with Gasteiger partial charge in [-0.1, -0.05) is 6.08 Å². The Labute approximate surface area is 138 Å². The van der Waals surface area contributed by atoms with Crippen LogP contribution >= 0.6 is 0 Å². The van der Waals surface area contributed by atoms with Crippen molar-refractivity contribution in [3.05, 3.63) is 12.7 Å². The maximum Gasteiger partial charge on any atom is 0.323 e. The average Bonchev–Trinajstić information content (AvgIpc) is 2.52. The number of carbonyl (C=O) groups excluding carboxylic acids is 1. The highest BCUT2D eigenvalue weighted by Gasteiger charge is 2.32. The second-order valence-corrected chi connectivity index (χ2v) is 7.88. The van der Waals surface area contributed by atoms with Crippen molar-refractivity contribution >= 4 is 21.9 Å². The van der Waals surface area contributed by atoms with E-state index in [1.807, 2.05) is 0 Å². The molecule has 1 aliphatic heterocycles. The Bertz CT molecular complexity index is 524. The summed E-state index contributed by atoms with van der Waals surface area (Å²) in [6.45, 7) is 5.52. The SMILES string of the molecule is C=CCCCC(=O)N(CC(=O)O)C1CCN(S(=O)(=O)CC)CC1. The Balaban J connectivity index is 2.68. The molecule has 0 aromatic rings. The van der Waals surface area contributed by atoms with Gasteiger partial charge in [-0.2, -0.15) is 0 Å². The Hall–Kier alpha value is -1.41. The van der Waals surface area contributed by atoms with Crippen molar-refractivity contribution in [3.8, 4) is 0 Å². The van der Waals surface area contributed by atoms with Crippen molar-refractivity contribution in [2.75, 3.05) is 25.4 Å². The van der Waals surface area contributed by atoms with Gasteiger partial charge in [0.2, 0.25) is 15.9 Å². The van der Waals surface area contributed by atoms with E-state index in [0.717, 1.165) is 0 Å². The van der Waals surface area contributed by atoms with Gasteiger partial charge in [-0.15, -0.1) is 6.58 Å². The van der Waals surface area contributed by atoms with Gasteiger partial charge in [0.15, 0.2) is 0 Å². The molecule has 1 aliphatic rings. The molecule has 0 saturated carbocycles. The molecule has 0 bridgehead atoms. The highest BCUT2D eigenvalue weighted by molar-refractivity contribution is 7.89. The smallest absolute Gasteiger partial charge is 0.323 e. The second-order valence-electron chi connectivity index (χ2n) is 5.63. The number of aliphatic carboxylic acids is 1. The normalized spacial score (nSPS) is 16.9. The van der Waals surface area contributed by atoms with Gasteiger partial charge in [0.25, 0.3) is 0 Å². The third-order valence-corrected chi connectivity index (χ3v) is 5.93. The fourth-order valence-corrected chi connectivity index (χ4v) is 3.85. The van der Waals surface area contributed by atoms with E-state index in [-0.39, 0.29) is 30.7 Å². The number of hydrogen-bond acceptors (Lipinski definition) is 4. The third kappa shape index (κ3) is 5.95. The van der Waals surface area contributed by atoms with Crippen LogP contribution in [0.2, 0.25) is 0 Å². The summed E-state index contributed by atoms with van der Waals surface area (Å²) in [6, 6.07) is -0.217. The van der Waals surface area contributed by atoms with E-state index in [1.54, 1.807) is 13.0 Å². The Morgan fingerprint density at radius 3 is 2.43 bits per heavy atom. The van der Waals surface area contributed by atoms with E-state index in [0.29, 0.717) is 38.8 Å². The summed E-state index contributed by atoms with van der Waals surface area (Å²) >= 11 is 0. The lowest BCUT2D eigenvalue weighted by Gasteiger charge is -2.37. The molecule has 1 fully saturated rings. The Kier molecular flexibility index (Phi) is 7.70. The quantitative estimate of drug-likeness (QED) is 0.498. The maximum atomic E-state index is 12.3. The number of nitrogens with zero attached hydrogens (tertiary/aromatic N) is 2. The number of piperidine rings is 1. The number of carbonyl (C=O) groups is 2. The van der Waals surface area contributed by atoms with Crippen molar-refractivity contribution in [2.45, 2.75) is 45.1 Å². The fraction of sp³-hybridized carbons (Fsp3) is 0.733. The Morgan fingerprint density at radius 1 is 1.35 bits per heavy atom. The summed E-state index contributed by atoms with van der Waals surface area (Å²) in [5, 5.41) is 9.04. The molecule has 0 atom stereocenters. The minimum atomic E-state index is -3.23. The summed E-state index contributed by atoms with van der Waals surface area (Å²) < 4.78 is 25.1. The molecule has 1 heterocycles. The van der Waals surface area contributed by atoms with E-state index >= 15 is 0 Å². The molecule has 23 heavy (non-hydrogen) atoms. The van der Waals surface area contributed by atoms with Crippen molar-refractivity contribution in [1.29, 1.82) is 0 Å². The maximum absolute atomic E-state index is 12.3. The van der Waals surface area contributed by atoms with Crippen molar-refractivity contribution in [1.82, 2.24) is 9.21 Å². The van der Waals surface area contributed by atoms with Gasteiger partial charge in [0, 0.05) is 25.6 Å². The van der Waals surface area contributed by atoms with Gasteiger partial charge in [-0.3, -0.25) is 9.59 Å². The molecule has 7 nitrogen and oxygen atoms in total. The molecule has 1 amide bonds. The van der Waals surface area contributed by atoms with E-state index in [1.165, 1.54) is 9.21 Å². The van der Waals surface area contributed by atoms with Gasteiger partial charge in [0.1, 0.15) is 6.54 Å². The molecule has 1 saturated heterocycles. The molecular weight excluding hydrogens is 320 g/mol. The van der Waals surface area contributed by atoms with Crippen molar-refractivity contribution in [2.24, 2.45) is 0 Å². The predicted octanol–water partition coefficient (Wildman–Crippen LogP) is 1.07. The highest BCUT2D eigenvalue weighted by atomic mass is 32.2. The van der Waals surface area contributed by atoms with Crippen LogP contribution in [0.25, 0.3) is 0 Å². The summed E-state index contributed by atoms with van der Waals surface area (Å²) in [5.41, 5.74) is 0. The summed E-state index contributed by atoms with van der Waals surface area (Å²) in [6.07, 6.45) is 4.30. The zero-order valence-electron chi connectivity index (χ0n) is 13.6. The average molecular weight is 346 g/mol. The number of allylic oxidation sites excluding steroid dienone is 1. The molecular formula is C15H26N2O5S. The standard InChI is InChI=1S/C15H26N2O5S/c1-3-5-6-7-14(18)17(12-15(19)20)13-8-10-16(11-9-13)23(21,22)4-2/h3,13H,1,4-12H2,2H3,(H,19,20). The molecule has 0 aromatic carbocycles. The molecule has 8 heteroatoms. The van der Waals surface area contributed by atoms with Crippen LogP contribution in [-0.4, -0.2) is 66.0 Å². The van der Waals surface area contributed by atoms with Crippen LogP contribution in [0.15, 0.2) is 12.7 Å². The first kappa shape index (κ1) is 19.6. The topological polar surface area (TPSA) is 95.0 Å². The molecule has 0 aliphatic carbocycles. The van der Waals surface area contributed by atoms with Crippen molar-refractivity contribution < 1.29 is 23.1 Å². The highest BCUT2D eigenvalue weighted by Crippen LogP contribution is 2.20. The van der Waals surface area contributed by atoms with Crippen LogP contribution in [0, 0.1) is 0 Å². The largest absolute Gasteiger partial charge is 0.480 e. The van der Waals surface area contributed by atoms with Crippen LogP contribution in [0.4, 0.5) is 0 Å². The lowest BCUT2D eigenvalue weighted by molar-refractivity contribution is -0.146. The molecule has 1 rings (SSSR count). The first-order chi connectivity index (χ1) is 10.8. The predicted molar refractivity (Wildman–Crippen MR) is 87.5 cm³/mol. The number of amides is 1. The lowest BCUT2D eigenvalue weighted by atomic mass is 10.0. The summed E-state index contributed by atoms with van der Waals surface area (Å²) in [4.78, 5) is 24.7. The number of unbranched alkanes of at least 4 members (excludes halogenated alkanes) is 1. The number of rotatable bonds is 9. The van der Waals surface area contributed by atoms with Gasteiger partial charge in [-0.05, 0) is 32.6 Å². The second kappa shape index (κ2) is 9.02. The van der Waals surface area contributed by atoms with Crippen LogP contribution in [0.5, 0.6) is 0 Å². The number of hydrogen-bond donors (Lipinski definition) is 1. The zero-order chi connectivity index (χ0) is 17.5. The molecule has 0 aromatic heterocycles. The lowest BCUT2D eigenvalue weighted by Crippen LogP contribution is -2.50. The summed E-state index contributed by atoms with van der Waals surface area (Å²) in [7, 11) is -3.23. The minimum Gasteiger partial charge on any atom is -0.480 e. The van der Waals surface area contributed by atoms with E-state index in [9.17, 15) is 18.0 Å². The zero-order valence-corrected chi connectivity index (χ0v) is 14.4. The number of carboxylic acids is 1. The molecule has 0 spiro atoms. The first-order valence-electron chi connectivity index (χ1n) is 7.91. The molecule has 1 N–H and O–H groups in total. The molecule has 0 unspecified atom stereocenters. The molecule has 0 radical (unpaired) electrons. The summed E-state index contributed by atoms with van der Waals surface area (Å²) in [5.74, 6) is -1.19. The van der Waals surface area contributed by atoms with Crippen LogP contribution < -0.4 is 0 Å². The monoisotopic (exact) mass is 346 g/mol. The van der Waals surface area contributed by atoms with Gasteiger partial charge >= 0.3 is 5.97 Å². The van der Waals surface area contributed by atoms with Crippen LogP contribution in [-0.2, 0) is 19.6 Å².